The summed E-state index contributed by atoms with van der Waals surface area (Å²) >= 11 is 1.87. The standard InChI is InChI=1S/C19H26N4O2S/c1-2-3-4-14-5-6-15(26-14)12-23-10-7-16(18(24)13-23)22-19(25)17-11-20-8-9-21-17/h5-6,8-9,11,16,18,24H,2-4,7,10,12-13H2,1H3,(H,22,25)/t16-,18-/m1/s1. The molecule has 26 heavy (non-hydrogen) atoms. The molecule has 0 unspecified atom stereocenters. The van der Waals surface area contributed by atoms with E-state index in [1.807, 2.05) is 11.3 Å². The fourth-order valence-electron chi connectivity index (χ4n) is 3.18. The van der Waals surface area contributed by atoms with Crippen molar-refractivity contribution in [2.45, 2.75) is 51.3 Å². The lowest BCUT2D eigenvalue weighted by Crippen LogP contribution is -2.53. The lowest BCUT2D eigenvalue weighted by molar-refractivity contribution is 0.0352. The van der Waals surface area contributed by atoms with E-state index in [4.69, 9.17) is 0 Å². The molecule has 1 saturated heterocycles. The molecule has 0 bridgehead atoms. The smallest absolute Gasteiger partial charge is 0.271 e. The molecule has 3 rings (SSSR count). The van der Waals surface area contributed by atoms with Crippen LogP contribution in [0.3, 0.4) is 0 Å². The van der Waals surface area contributed by atoms with Gasteiger partial charge in [-0.2, -0.15) is 0 Å². The molecule has 0 aromatic carbocycles. The third kappa shape index (κ3) is 5.09. The number of rotatable bonds is 7. The number of thiophene rings is 1. The number of aryl methyl sites for hydroxylation is 1. The van der Waals surface area contributed by atoms with E-state index < -0.39 is 6.10 Å². The quantitative estimate of drug-likeness (QED) is 0.777. The zero-order chi connectivity index (χ0) is 18.4. The van der Waals surface area contributed by atoms with Gasteiger partial charge >= 0.3 is 0 Å². The number of piperidine rings is 1. The first-order valence-corrected chi connectivity index (χ1v) is 10.0. The number of nitrogens with zero attached hydrogens (tertiary/aromatic N) is 3. The number of aromatic nitrogens is 2. The highest BCUT2D eigenvalue weighted by atomic mass is 32.1. The molecule has 1 aliphatic heterocycles. The maximum Gasteiger partial charge on any atom is 0.271 e. The predicted octanol–water partition coefficient (Wildman–Crippen LogP) is 2.25. The van der Waals surface area contributed by atoms with Crippen molar-refractivity contribution in [1.29, 1.82) is 0 Å². The zero-order valence-corrected chi connectivity index (χ0v) is 15.9. The van der Waals surface area contributed by atoms with Gasteiger partial charge in [-0.15, -0.1) is 11.3 Å². The van der Waals surface area contributed by atoms with Gasteiger partial charge in [0.05, 0.1) is 18.3 Å². The molecule has 0 spiro atoms. The first-order chi connectivity index (χ1) is 12.7. The minimum atomic E-state index is -0.580. The summed E-state index contributed by atoms with van der Waals surface area (Å²) in [6.07, 6.45) is 8.20. The normalized spacial score (nSPS) is 20.8. The van der Waals surface area contributed by atoms with Crippen LogP contribution in [0.5, 0.6) is 0 Å². The van der Waals surface area contributed by atoms with Gasteiger partial charge in [0.15, 0.2) is 0 Å². The Balaban J connectivity index is 1.49. The lowest BCUT2D eigenvalue weighted by atomic mass is 10.0. The van der Waals surface area contributed by atoms with Crippen molar-refractivity contribution in [3.63, 3.8) is 0 Å². The average molecular weight is 375 g/mol. The van der Waals surface area contributed by atoms with Gasteiger partial charge < -0.3 is 10.4 Å². The average Bonchev–Trinajstić information content (AvgIpc) is 3.10. The number of nitrogens with one attached hydrogen (secondary N) is 1. The summed E-state index contributed by atoms with van der Waals surface area (Å²) in [5.41, 5.74) is 0.278. The van der Waals surface area contributed by atoms with Crippen LogP contribution in [-0.2, 0) is 13.0 Å². The number of unbranched alkanes of at least 4 members (excludes halogenated alkanes) is 1. The topological polar surface area (TPSA) is 78.4 Å². The van der Waals surface area contributed by atoms with Gasteiger partial charge in [0, 0.05) is 41.8 Å². The molecular weight excluding hydrogens is 348 g/mol. The number of aliphatic hydroxyl groups is 1. The molecule has 2 aromatic heterocycles. The molecule has 2 aromatic rings. The van der Waals surface area contributed by atoms with E-state index in [2.05, 4.69) is 39.2 Å². The number of aliphatic hydroxyl groups excluding tert-OH is 1. The number of hydrogen-bond donors (Lipinski definition) is 2. The molecule has 3 heterocycles. The van der Waals surface area contributed by atoms with Crippen LogP contribution < -0.4 is 5.32 Å². The van der Waals surface area contributed by atoms with Crippen LogP contribution in [0.4, 0.5) is 0 Å². The second kappa shape index (κ2) is 9.21. The fraction of sp³-hybridized carbons (Fsp3) is 0.526. The maximum absolute atomic E-state index is 12.2. The SMILES string of the molecule is CCCCc1ccc(CN2CC[C@@H](NC(=O)c3cnccn3)[C@H](O)C2)s1. The van der Waals surface area contributed by atoms with Gasteiger partial charge in [0.2, 0.25) is 0 Å². The molecule has 2 atom stereocenters. The van der Waals surface area contributed by atoms with Crippen molar-refractivity contribution in [1.82, 2.24) is 20.2 Å². The van der Waals surface area contributed by atoms with E-state index in [9.17, 15) is 9.90 Å². The number of β-amino-alcohol motifs (C(OH)–C–C–N with tert-alkyl or cyclic N) is 1. The molecule has 1 fully saturated rings. The highest BCUT2D eigenvalue weighted by molar-refractivity contribution is 7.11. The first-order valence-electron chi connectivity index (χ1n) is 9.20. The molecule has 2 N–H and O–H groups in total. The van der Waals surface area contributed by atoms with E-state index in [1.165, 1.54) is 41.2 Å². The Bertz CT molecular complexity index is 707. The van der Waals surface area contributed by atoms with Crippen LogP contribution in [0.1, 0.15) is 46.4 Å². The van der Waals surface area contributed by atoms with Crippen molar-refractivity contribution in [3.05, 3.63) is 46.2 Å². The second-order valence-corrected chi connectivity index (χ2v) is 7.99. The van der Waals surface area contributed by atoms with Gasteiger partial charge in [-0.1, -0.05) is 13.3 Å². The second-order valence-electron chi connectivity index (χ2n) is 6.73. The van der Waals surface area contributed by atoms with Crippen LogP contribution in [0.2, 0.25) is 0 Å². The number of carbonyl (C=O) groups excluding carboxylic acids is 1. The molecule has 1 aliphatic rings. The third-order valence-corrected chi connectivity index (χ3v) is 5.78. The van der Waals surface area contributed by atoms with Crippen molar-refractivity contribution in [2.75, 3.05) is 13.1 Å². The Kier molecular flexibility index (Phi) is 6.71. The van der Waals surface area contributed by atoms with Gasteiger partial charge in [-0.05, 0) is 31.4 Å². The first kappa shape index (κ1) is 18.9. The molecule has 140 valence electrons. The zero-order valence-electron chi connectivity index (χ0n) is 15.1. The molecule has 0 aliphatic carbocycles. The predicted molar refractivity (Wildman–Crippen MR) is 102 cm³/mol. The van der Waals surface area contributed by atoms with Crippen molar-refractivity contribution in [2.24, 2.45) is 0 Å². The minimum Gasteiger partial charge on any atom is -0.390 e. The van der Waals surface area contributed by atoms with Gasteiger partial charge in [0.25, 0.3) is 5.91 Å². The molecular formula is C19H26N4O2S. The Morgan fingerprint density at radius 1 is 1.38 bits per heavy atom. The van der Waals surface area contributed by atoms with Gasteiger partial charge in [-0.25, -0.2) is 4.98 Å². The van der Waals surface area contributed by atoms with Gasteiger partial charge in [0.1, 0.15) is 5.69 Å². The summed E-state index contributed by atoms with van der Waals surface area (Å²) in [4.78, 5) is 25.1. The van der Waals surface area contributed by atoms with Crippen LogP contribution in [-0.4, -0.2) is 51.1 Å². The van der Waals surface area contributed by atoms with E-state index in [0.29, 0.717) is 6.54 Å². The number of likely N-dealkylation sites (tertiary alicyclic amines) is 1. The summed E-state index contributed by atoms with van der Waals surface area (Å²) in [6.45, 7) is 4.49. The number of amides is 1. The molecule has 7 heteroatoms. The molecule has 1 amide bonds. The number of carbonyl (C=O) groups is 1. The van der Waals surface area contributed by atoms with E-state index in [-0.39, 0.29) is 17.6 Å². The van der Waals surface area contributed by atoms with Crippen molar-refractivity contribution >= 4 is 17.2 Å². The van der Waals surface area contributed by atoms with Crippen LogP contribution in [0.25, 0.3) is 0 Å². The lowest BCUT2D eigenvalue weighted by Gasteiger charge is -2.36. The fourth-order valence-corrected chi connectivity index (χ4v) is 4.28. The highest BCUT2D eigenvalue weighted by Gasteiger charge is 2.29. The molecule has 0 radical (unpaired) electrons. The minimum absolute atomic E-state index is 0.246. The third-order valence-electron chi connectivity index (χ3n) is 4.65. The Labute approximate surface area is 158 Å². The Hall–Kier alpha value is -1.83. The molecule has 6 nitrogen and oxygen atoms in total. The summed E-state index contributed by atoms with van der Waals surface area (Å²) in [7, 11) is 0. The largest absolute Gasteiger partial charge is 0.390 e. The highest BCUT2D eigenvalue weighted by Crippen LogP contribution is 2.22. The van der Waals surface area contributed by atoms with Crippen LogP contribution >= 0.6 is 11.3 Å². The van der Waals surface area contributed by atoms with E-state index in [1.54, 1.807) is 0 Å². The maximum atomic E-state index is 12.2. The summed E-state index contributed by atoms with van der Waals surface area (Å²) in [6, 6.07) is 4.17. The summed E-state index contributed by atoms with van der Waals surface area (Å²) in [5, 5.41) is 13.3. The van der Waals surface area contributed by atoms with Gasteiger partial charge in [-0.3, -0.25) is 14.7 Å². The van der Waals surface area contributed by atoms with Crippen molar-refractivity contribution < 1.29 is 9.90 Å². The monoisotopic (exact) mass is 374 g/mol. The van der Waals surface area contributed by atoms with Crippen LogP contribution in [0, 0.1) is 0 Å². The summed E-state index contributed by atoms with van der Waals surface area (Å²) in [5.74, 6) is -0.283. The Morgan fingerprint density at radius 3 is 2.96 bits per heavy atom. The van der Waals surface area contributed by atoms with E-state index >= 15 is 0 Å². The van der Waals surface area contributed by atoms with Crippen LogP contribution in [0.15, 0.2) is 30.7 Å². The number of hydrogen-bond acceptors (Lipinski definition) is 6. The van der Waals surface area contributed by atoms with E-state index in [0.717, 1.165) is 25.9 Å². The van der Waals surface area contributed by atoms with Crippen molar-refractivity contribution in [3.8, 4) is 0 Å². The molecule has 0 saturated carbocycles. The Morgan fingerprint density at radius 2 is 2.23 bits per heavy atom. The summed E-state index contributed by atoms with van der Waals surface area (Å²) < 4.78 is 0.